The lowest BCUT2D eigenvalue weighted by Crippen LogP contribution is -2.27. The normalized spacial score (nSPS) is 24.2. The Morgan fingerprint density at radius 1 is 0.775 bits per heavy atom. The van der Waals surface area contributed by atoms with Gasteiger partial charge in [-0.05, 0) is 128 Å². The van der Waals surface area contributed by atoms with Gasteiger partial charge in [-0.1, -0.05) is 82.9 Å². The highest BCUT2D eigenvalue weighted by Gasteiger charge is 2.32. The van der Waals surface area contributed by atoms with E-state index in [4.69, 9.17) is 4.74 Å². The number of aliphatic hydroxyl groups excluding tert-OH is 1. The summed E-state index contributed by atoms with van der Waals surface area (Å²) in [5.74, 6) is 3.71. The average molecular weight is 547 g/mol. The van der Waals surface area contributed by atoms with Gasteiger partial charge in [0.05, 0.1) is 6.61 Å². The number of aliphatic hydroxyl groups is 1. The van der Waals surface area contributed by atoms with E-state index in [-0.39, 0.29) is 6.61 Å². The van der Waals surface area contributed by atoms with E-state index in [9.17, 15) is 5.11 Å². The summed E-state index contributed by atoms with van der Waals surface area (Å²) in [6.07, 6.45) is 19.6. The molecule has 2 heteroatoms. The van der Waals surface area contributed by atoms with Gasteiger partial charge in [0.15, 0.2) is 0 Å². The first-order chi connectivity index (χ1) is 19.6. The van der Waals surface area contributed by atoms with E-state index in [1.807, 2.05) is 0 Å². The molecule has 0 saturated heterocycles. The van der Waals surface area contributed by atoms with E-state index in [0.29, 0.717) is 12.5 Å². The van der Waals surface area contributed by atoms with Crippen LogP contribution in [0.4, 0.5) is 0 Å². The molecule has 222 valence electrons. The van der Waals surface area contributed by atoms with Crippen molar-refractivity contribution in [2.75, 3.05) is 20.3 Å². The minimum absolute atomic E-state index is 0.268. The number of aryl methyl sites for hydroxylation is 3. The highest BCUT2D eigenvalue weighted by molar-refractivity contribution is 5.69. The number of methoxy groups -OCH3 is 1. The predicted molar refractivity (Wildman–Crippen MR) is 171 cm³/mol. The van der Waals surface area contributed by atoms with Gasteiger partial charge in [0.2, 0.25) is 0 Å². The van der Waals surface area contributed by atoms with Gasteiger partial charge in [-0.3, -0.25) is 0 Å². The summed E-state index contributed by atoms with van der Waals surface area (Å²) in [4.78, 5) is 0. The summed E-state index contributed by atoms with van der Waals surface area (Å²) in [5, 5.41) is 9.65. The molecule has 0 spiro atoms. The van der Waals surface area contributed by atoms with Gasteiger partial charge in [0, 0.05) is 19.6 Å². The molecule has 1 unspecified atom stereocenters. The van der Waals surface area contributed by atoms with Gasteiger partial charge in [-0.2, -0.15) is 0 Å². The summed E-state index contributed by atoms with van der Waals surface area (Å²) >= 11 is 0. The van der Waals surface area contributed by atoms with Crippen LogP contribution >= 0.6 is 0 Å². The standard InChI is InChI=1S/C38H58O2/c1-5-8-9-10-32-19-20-37(24-30(32)6-2)38-22-21-36(25-31(38)7-3)35-17-15-34(16-18-35)33-13-11-28(12-14-33)23-29(26-39)27-40-4/h19-22,24-25,28-29,33-35,39H,5-18,23,26-27H2,1-4H3. The zero-order valence-electron chi connectivity index (χ0n) is 26.2. The first kappa shape index (κ1) is 31.3. The van der Waals surface area contributed by atoms with Crippen molar-refractivity contribution in [3.63, 3.8) is 0 Å². The fourth-order valence-electron chi connectivity index (χ4n) is 8.10. The molecule has 0 amide bonds. The second-order valence-corrected chi connectivity index (χ2v) is 13.2. The summed E-state index contributed by atoms with van der Waals surface area (Å²) < 4.78 is 5.31. The second kappa shape index (κ2) is 16.1. The van der Waals surface area contributed by atoms with Crippen LogP contribution in [-0.4, -0.2) is 25.4 Å². The molecule has 2 aromatic rings. The molecule has 1 N–H and O–H groups in total. The van der Waals surface area contributed by atoms with Gasteiger partial charge in [0.25, 0.3) is 0 Å². The summed E-state index contributed by atoms with van der Waals surface area (Å²) in [6, 6.07) is 14.7. The van der Waals surface area contributed by atoms with Crippen molar-refractivity contribution in [1.82, 2.24) is 0 Å². The summed E-state index contributed by atoms with van der Waals surface area (Å²) in [7, 11) is 1.75. The molecule has 0 aliphatic heterocycles. The predicted octanol–water partition coefficient (Wildman–Crippen LogP) is 9.94. The Hall–Kier alpha value is -1.64. The highest BCUT2D eigenvalue weighted by Crippen LogP contribution is 2.45. The van der Waals surface area contributed by atoms with Crippen LogP contribution < -0.4 is 0 Å². The fourth-order valence-corrected chi connectivity index (χ4v) is 8.10. The maximum Gasteiger partial charge on any atom is 0.0512 e. The molecule has 0 bridgehead atoms. The molecule has 4 rings (SSSR count). The van der Waals surface area contributed by atoms with Crippen LogP contribution in [-0.2, 0) is 24.0 Å². The Kier molecular flexibility index (Phi) is 12.6. The van der Waals surface area contributed by atoms with Crippen molar-refractivity contribution < 1.29 is 9.84 Å². The molecule has 0 heterocycles. The molecular weight excluding hydrogens is 488 g/mol. The van der Waals surface area contributed by atoms with E-state index in [2.05, 4.69) is 57.2 Å². The quantitative estimate of drug-likeness (QED) is 0.239. The lowest BCUT2D eigenvalue weighted by atomic mass is 9.67. The molecule has 0 aromatic heterocycles. The van der Waals surface area contributed by atoms with Crippen LogP contribution in [0.1, 0.15) is 126 Å². The fraction of sp³-hybridized carbons (Fsp3) is 0.684. The van der Waals surface area contributed by atoms with E-state index in [0.717, 1.165) is 42.9 Å². The molecule has 2 saturated carbocycles. The van der Waals surface area contributed by atoms with Crippen molar-refractivity contribution in [1.29, 1.82) is 0 Å². The summed E-state index contributed by atoms with van der Waals surface area (Å²) in [6.45, 7) is 7.89. The topological polar surface area (TPSA) is 29.5 Å². The Bertz CT molecular complexity index is 1010. The van der Waals surface area contributed by atoms with Crippen LogP contribution in [0.5, 0.6) is 0 Å². The van der Waals surface area contributed by atoms with Crippen molar-refractivity contribution >= 4 is 0 Å². The minimum atomic E-state index is 0.268. The Morgan fingerprint density at radius 3 is 2.10 bits per heavy atom. The second-order valence-electron chi connectivity index (χ2n) is 13.2. The van der Waals surface area contributed by atoms with E-state index < -0.39 is 0 Å². The van der Waals surface area contributed by atoms with Gasteiger partial charge in [-0.15, -0.1) is 0 Å². The van der Waals surface area contributed by atoms with Gasteiger partial charge < -0.3 is 9.84 Å². The molecule has 2 aliphatic rings. The Balaban J connectivity index is 1.33. The molecule has 2 aliphatic carbocycles. The van der Waals surface area contributed by atoms with Gasteiger partial charge in [-0.25, -0.2) is 0 Å². The SMILES string of the molecule is CCCCCc1ccc(-c2ccc(C3CCC(C4CCC(CC(CO)COC)CC4)CC3)cc2CC)cc1CC. The van der Waals surface area contributed by atoms with Crippen molar-refractivity contribution in [3.05, 3.63) is 58.7 Å². The number of unbranched alkanes of at least 4 members (excludes halogenated alkanes) is 2. The summed E-state index contributed by atoms with van der Waals surface area (Å²) in [5.41, 5.74) is 9.05. The molecule has 40 heavy (non-hydrogen) atoms. The largest absolute Gasteiger partial charge is 0.396 e. The monoisotopic (exact) mass is 546 g/mol. The third kappa shape index (κ3) is 8.22. The average Bonchev–Trinajstić information content (AvgIpc) is 3.01. The van der Waals surface area contributed by atoms with Gasteiger partial charge >= 0.3 is 0 Å². The molecule has 2 fully saturated rings. The minimum Gasteiger partial charge on any atom is -0.396 e. The lowest BCUT2D eigenvalue weighted by Gasteiger charge is -2.38. The number of hydrogen-bond acceptors (Lipinski definition) is 2. The first-order valence-electron chi connectivity index (χ1n) is 16.9. The van der Waals surface area contributed by atoms with Crippen molar-refractivity contribution in [3.8, 4) is 11.1 Å². The zero-order valence-corrected chi connectivity index (χ0v) is 26.2. The van der Waals surface area contributed by atoms with Crippen LogP contribution in [0.3, 0.4) is 0 Å². The number of hydrogen-bond donors (Lipinski definition) is 1. The zero-order chi connectivity index (χ0) is 28.3. The van der Waals surface area contributed by atoms with Crippen LogP contribution in [0, 0.1) is 23.7 Å². The van der Waals surface area contributed by atoms with Crippen molar-refractivity contribution in [2.24, 2.45) is 23.7 Å². The van der Waals surface area contributed by atoms with Crippen molar-refractivity contribution in [2.45, 2.75) is 123 Å². The highest BCUT2D eigenvalue weighted by atomic mass is 16.5. The Morgan fingerprint density at radius 2 is 1.48 bits per heavy atom. The maximum absolute atomic E-state index is 9.65. The number of ether oxygens (including phenoxy) is 1. The number of benzene rings is 2. The Labute approximate surface area is 246 Å². The van der Waals surface area contributed by atoms with Gasteiger partial charge in [0.1, 0.15) is 0 Å². The molecule has 0 radical (unpaired) electrons. The third-order valence-corrected chi connectivity index (χ3v) is 10.6. The number of rotatable bonds is 14. The first-order valence-corrected chi connectivity index (χ1v) is 16.9. The van der Waals surface area contributed by atoms with E-state index in [1.54, 1.807) is 18.2 Å². The maximum atomic E-state index is 9.65. The lowest BCUT2D eigenvalue weighted by molar-refractivity contribution is 0.0807. The molecule has 2 nitrogen and oxygen atoms in total. The van der Waals surface area contributed by atoms with E-state index in [1.165, 1.54) is 99.3 Å². The molecule has 2 aromatic carbocycles. The van der Waals surface area contributed by atoms with Crippen LogP contribution in [0.25, 0.3) is 11.1 Å². The third-order valence-electron chi connectivity index (χ3n) is 10.6. The van der Waals surface area contributed by atoms with Crippen LogP contribution in [0.2, 0.25) is 0 Å². The molecule has 1 atom stereocenters. The molecular formula is C38H58O2. The van der Waals surface area contributed by atoms with E-state index >= 15 is 0 Å². The smallest absolute Gasteiger partial charge is 0.0512 e. The van der Waals surface area contributed by atoms with Crippen LogP contribution in [0.15, 0.2) is 36.4 Å².